The molecule has 0 fully saturated rings. The van der Waals surface area contributed by atoms with Crippen molar-refractivity contribution in [3.63, 3.8) is 0 Å². The van der Waals surface area contributed by atoms with E-state index in [0.717, 1.165) is 0 Å². The maximum Gasteiger partial charge on any atom is 0.318 e. The van der Waals surface area contributed by atoms with Crippen LogP contribution in [0.15, 0.2) is 0 Å². The summed E-state index contributed by atoms with van der Waals surface area (Å²) >= 11 is 3.88. The van der Waals surface area contributed by atoms with Gasteiger partial charge in [0, 0.05) is 7.11 Å². The van der Waals surface area contributed by atoms with Crippen molar-refractivity contribution >= 4 is 18.6 Å². The predicted octanol–water partition coefficient (Wildman–Crippen LogP) is 0.494. The molecular formula is C6H12O3S. The smallest absolute Gasteiger partial charge is 0.318 e. The number of hydrogen-bond acceptors (Lipinski definition) is 4. The van der Waals surface area contributed by atoms with Gasteiger partial charge in [0.1, 0.15) is 6.61 Å². The molecule has 3 nitrogen and oxygen atoms in total. The van der Waals surface area contributed by atoms with Crippen LogP contribution in [0.25, 0.3) is 0 Å². The van der Waals surface area contributed by atoms with E-state index in [2.05, 4.69) is 17.4 Å². The van der Waals surface area contributed by atoms with Gasteiger partial charge in [-0.25, -0.2) is 0 Å². The Bertz CT molecular complexity index is 103. The fraction of sp³-hybridized carbons (Fsp3) is 0.833. The average molecular weight is 164 g/mol. The third kappa shape index (κ3) is 4.64. The van der Waals surface area contributed by atoms with Crippen LogP contribution in [0, 0.1) is 0 Å². The zero-order valence-electron chi connectivity index (χ0n) is 6.16. The number of carbonyl (C=O) groups is 1. The van der Waals surface area contributed by atoms with Crippen molar-refractivity contribution < 1.29 is 14.3 Å². The maximum absolute atomic E-state index is 10.7. The molecule has 0 aliphatic heterocycles. The zero-order valence-corrected chi connectivity index (χ0v) is 7.06. The van der Waals surface area contributed by atoms with Crippen molar-refractivity contribution in [1.29, 1.82) is 0 Å². The predicted molar refractivity (Wildman–Crippen MR) is 41.3 cm³/mol. The molecule has 0 aromatic carbocycles. The molecule has 0 aromatic rings. The summed E-state index contributed by atoms with van der Waals surface area (Å²) in [6.45, 7) is 2.41. The Morgan fingerprint density at radius 2 is 2.20 bits per heavy atom. The second kappa shape index (κ2) is 5.56. The lowest BCUT2D eigenvalue weighted by atomic mass is 10.5. The van der Waals surface area contributed by atoms with Crippen LogP contribution in [0.4, 0.5) is 0 Å². The molecule has 0 amide bonds. The summed E-state index contributed by atoms with van der Waals surface area (Å²) in [5.41, 5.74) is 0. The lowest BCUT2D eigenvalue weighted by molar-refractivity contribution is -0.143. The largest absolute Gasteiger partial charge is 0.462 e. The summed E-state index contributed by atoms with van der Waals surface area (Å²) in [5.74, 6) is -0.305. The van der Waals surface area contributed by atoms with Crippen LogP contribution in [0.5, 0.6) is 0 Å². The second-order valence-corrected chi connectivity index (χ2v) is 2.61. The van der Waals surface area contributed by atoms with Gasteiger partial charge < -0.3 is 9.47 Å². The van der Waals surface area contributed by atoms with E-state index < -0.39 is 0 Å². The minimum Gasteiger partial charge on any atom is -0.462 e. The van der Waals surface area contributed by atoms with Crippen molar-refractivity contribution in [2.75, 3.05) is 20.3 Å². The molecule has 0 aliphatic rings. The first kappa shape index (κ1) is 9.78. The Kier molecular flexibility index (Phi) is 5.43. The molecule has 0 N–H and O–H groups in total. The number of rotatable bonds is 4. The molecule has 1 unspecified atom stereocenters. The molecule has 4 heteroatoms. The van der Waals surface area contributed by atoms with E-state index in [4.69, 9.17) is 4.74 Å². The van der Waals surface area contributed by atoms with Gasteiger partial charge in [0.2, 0.25) is 0 Å². The molecule has 0 heterocycles. The molecule has 0 saturated heterocycles. The summed E-state index contributed by atoms with van der Waals surface area (Å²) in [4.78, 5) is 10.7. The van der Waals surface area contributed by atoms with Gasteiger partial charge in [-0.1, -0.05) is 0 Å². The monoisotopic (exact) mass is 164 g/mol. The van der Waals surface area contributed by atoms with E-state index >= 15 is 0 Å². The molecule has 0 saturated carbocycles. The topological polar surface area (TPSA) is 35.5 Å². The van der Waals surface area contributed by atoms with Crippen LogP contribution in [0.1, 0.15) is 6.92 Å². The molecule has 0 aliphatic carbocycles. The van der Waals surface area contributed by atoms with Gasteiger partial charge in [-0.05, 0) is 6.92 Å². The zero-order chi connectivity index (χ0) is 7.98. The van der Waals surface area contributed by atoms with E-state index in [-0.39, 0.29) is 11.2 Å². The highest BCUT2D eigenvalue weighted by molar-refractivity contribution is 7.81. The van der Waals surface area contributed by atoms with Gasteiger partial charge in [0.15, 0.2) is 0 Å². The fourth-order valence-electron chi connectivity index (χ4n) is 0.346. The summed E-state index contributed by atoms with van der Waals surface area (Å²) in [7, 11) is 1.55. The van der Waals surface area contributed by atoms with Gasteiger partial charge in [-0.3, -0.25) is 4.79 Å². The highest BCUT2D eigenvalue weighted by Gasteiger charge is 2.07. The van der Waals surface area contributed by atoms with Crippen LogP contribution in [-0.4, -0.2) is 31.5 Å². The number of methoxy groups -OCH3 is 1. The fourth-order valence-corrected chi connectivity index (χ4v) is 0.421. The van der Waals surface area contributed by atoms with Gasteiger partial charge in [0.25, 0.3) is 0 Å². The van der Waals surface area contributed by atoms with Crippen molar-refractivity contribution in [2.45, 2.75) is 12.2 Å². The Balaban J connectivity index is 3.22. The van der Waals surface area contributed by atoms with Crippen molar-refractivity contribution in [3.05, 3.63) is 0 Å². The maximum atomic E-state index is 10.7. The van der Waals surface area contributed by atoms with E-state index in [1.54, 1.807) is 14.0 Å². The minimum atomic E-state index is -0.350. The normalized spacial score (nSPS) is 12.7. The van der Waals surface area contributed by atoms with Crippen LogP contribution >= 0.6 is 12.6 Å². The summed E-state index contributed by atoms with van der Waals surface area (Å²) in [5, 5.41) is -0.350. The van der Waals surface area contributed by atoms with Crippen molar-refractivity contribution in [1.82, 2.24) is 0 Å². The highest BCUT2D eigenvalue weighted by Crippen LogP contribution is 1.94. The van der Waals surface area contributed by atoms with Crippen LogP contribution in [0.3, 0.4) is 0 Å². The number of carbonyl (C=O) groups excluding carboxylic acids is 1. The van der Waals surface area contributed by atoms with Crippen LogP contribution in [-0.2, 0) is 14.3 Å². The lowest BCUT2D eigenvalue weighted by Gasteiger charge is -2.04. The summed E-state index contributed by atoms with van der Waals surface area (Å²) < 4.78 is 9.37. The molecule has 0 aromatic heterocycles. The Morgan fingerprint density at radius 3 is 2.60 bits per heavy atom. The summed E-state index contributed by atoms with van der Waals surface area (Å²) in [6, 6.07) is 0. The lowest BCUT2D eigenvalue weighted by Crippen LogP contribution is -2.16. The minimum absolute atomic E-state index is 0.305. The first-order chi connectivity index (χ1) is 4.68. The van der Waals surface area contributed by atoms with E-state index in [9.17, 15) is 4.79 Å². The number of ether oxygens (including phenoxy) is 2. The molecule has 0 bridgehead atoms. The van der Waals surface area contributed by atoms with Crippen LogP contribution in [0.2, 0.25) is 0 Å². The molecule has 0 rings (SSSR count). The molecule has 60 valence electrons. The Morgan fingerprint density at radius 1 is 1.60 bits per heavy atom. The Hall–Kier alpha value is -0.220. The molecular weight excluding hydrogens is 152 g/mol. The Labute approximate surface area is 66.1 Å². The third-order valence-electron chi connectivity index (χ3n) is 0.873. The number of esters is 1. The first-order valence-corrected chi connectivity index (χ1v) is 3.53. The number of hydrogen-bond donors (Lipinski definition) is 1. The van der Waals surface area contributed by atoms with Gasteiger partial charge in [-0.15, -0.1) is 0 Å². The standard InChI is InChI=1S/C6H12O3S/c1-5(10)6(7)9-4-3-8-2/h5,10H,3-4H2,1-2H3. The van der Waals surface area contributed by atoms with E-state index in [1.807, 2.05) is 0 Å². The third-order valence-corrected chi connectivity index (χ3v) is 1.08. The van der Waals surface area contributed by atoms with Gasteiger partial charge in [-0.2, -0.15) is 12.6 Å². The van der Waals surface area contributed by atoms with Crippen molar-refractivity contribution in [3.8, 4) is 0 Å². The van der Waals surface area contributed by atoms with Crippen LogP contribution < -0.4 is 0 Å². The quantitative estimate of drug-likeness (QED) is 0.373. The average Bonchev–Trinajstić information content (AvgIpc) is 1.88. The second-order valence-electron chi connectivity index (χ2n) is 1.84. The highest BCUT2D eigenvalue weighted by atomic mass is 32.1. The number of thiol groups is 1. The molecule has 0 spiro atoms. The first-order valence-electron chi connectivity index (χ1n) is 3.02. The van der Waals surface area contributed by atoms with E-state index in [0.29, 0.717) is 13.2 Å². The van der Waals surface area contributed by atoms with Crippen molar-refractivity contribution in [2.24, 2.45) is 0 Å². The van der Waals surface area contributed by atoms with E-state index in [1.165, 1.54) is 0 Å². The van der Waals surface area contributed by atoms with Gasteiger partial charge >= 0.3 is 5.97 Å². The molecule has 0 radical (unpaired) electrons. The van der Waals surface area contributed by atoms with Gasteiger partial charge in [0.05, 0.1) is 11.9 Å². The SMILES string of the molecule is COCCOC(=O)C(C)S. The molecule has 1 atom stereocenters. The molecule has 10 heavy (non-hydrogen) atoms. The summed E-state index contributed by atoms with van der Waals surface area (Å²) in [6.07, 6.45) is 0.